The molecule has 0 aromatic carbocycles. The Morgan fingerprint density at radius 3 is 1.83 bits per heavy atom. The van der Waals surface area contributed by atoms with Crippen molar-refractivity contribution in [3.8, 4) is 0 Å². The molecule has 0 rings (SSSR count). The van der Waals surface area contributed by atoms with Gasteiger partial charge in [-0.2, -0.15) is 5.10 Å². The summed E-state index contributed by atoms with van der Waals surface area (Å²) in [6.45, 7) is 9.97. The van der Waals surface area contributed by atoms with Crippen LogP contribution in [0.5, 0.6) is 0 Å². The molecule has 3 nitrogen and oxygen atoms in total. The van der Waals surface area contributed by atoms with Gasteiger partial charge in [-0.15, -0.1) is 0 Å². The second-order valence-electron chi connectivity index (χ2n) is 2.69. The molecular weight excluding hydrogens is 150 g/mol. The van der Waals surface area contributed by atoms with E-state index in [-0.39, 0.29) is 0 Å². The van der Waals surface area contributed by atoms with Gasteiger partial charge < -0.3 is 0 Å². The van der Waals surface area contributed by atoms with Gasteiger partial charge >= 0.3 is 0 Å². The maximum Gasteiger partial charge on any atom is 0.113 e. The molecule has 0 aromatic rings. The lowest BCUT2D eigenvalue weighted by atomic mass is 10.5. The summed E-state index contributed by atoms with van der Waals surface area (Å²) in [4.78, 5) is 3.86. The average molecular weight is 171 g/mol. The first-order valence-electron chi connectivity index (χ1n) is 4.28. The minimum absolute atomic E-state index is 0.830. The van der Waals surface area contributed by atoms with E-state index in [1.54, 1.807) is 7.05 Å². The van der Waals surface area contributed by atoms with Gasteiger partial charge in [0.25, 0.3) is 0 Å². The zero-order valence-corrected chi connectivity index (χ0v) is 9.10. The van der Waals surface area contributed by atoms with Crippen LogP contribution in [0.2, 0.25) is 0 Å². The lowest BCUT2D eigenvalue weighted by molar-refractivity contribution is 1.00. The molecule has 0 fully saturated rings. The van der Waals surface area contributed by atoms with Crippen LogP contribution in [0.25, 0.3) is 0 Å². The summed E-state index contributed by atoms with van der Waals surface area (Å²) in [5.74, 6) is 0.830. The minimum Gasteiger partial charge on any atom is -0.275 e. The zero-order valence-electron chi connectivity index (χ0n) is 9.10. The minimum atomic E-state index is 0.830. The van der Waals surface area contributed by atoms with E-state index in [1.807, 2.05) is 20.8 Å². The van der Waals surface area contributed by atoms with Crippen LogP contribution in [0, 0.1) is 0 Å². The van der Waals surface area contributed by atoms with Crippen molar-refractivity contribution in [2.45, 2.75) is 41.0 Å². The van der Waals surface area contributed by atoms with Gasteiger partial charge in [0.1, 0.15) is 5.84 Å². The van der Waals surface area contributed by atoms with Gasteiger partial charge in [-0.25, -0.2) is 0 Å². The highest BCUT2D eigenvalue weighted by Gasteiger charge is 1.80. The molecule has 0 amide bonds. The van der Waals surface area contributed by atoms with E-state index in [0.29, 0.717) is 0 Å². The lowest BCUT2D eigenvalue weighted by Crippen LogP contribution is -2.14. The van der Waals surface area contributed by atoms with Crippen molar-refractivity contribution in [1.29, 1.82) is 0 Å². The third-order valence-electron chi connectivity index (χ3n) is 0.777. The van der Waals surface area contributed by atoms with Gasteiger partial charge in [0, 0.05) is 12.8 Å². The average Bonchev–Trinajstić information content (AvgIpc) is 2.01. The molecule has 0 aromatic heterocycles. The van der Waals surface area contributed by atoms with Gasteiger partial charge in [-0.1, -0.05) is 20.3 Å². The lowest BCUT2D eigenvalue weighted by Gasteiger charge is -1.95. The van der Waals surface area contributed by atoms with Crippen LogP contribution in [-0.4, -0.2) is 18.6 Å². The second-order valence-corrected chi connectivity index (χ2v) is 2.69. The summed E-state index contributed by atoms with van der Waals surface area (Å²) < 4.78 is 0. The molecule has 1 N–H and O–H groups in total. The maximum atomic E-state index is 3.93. The molecule has 0 saturated heterocycles. The summed E-state index contributed by atoms with van der Waals surface area (Å²) in [5.41, 5.74) is 3.77. The summed E-state index contributed by atoms with van der Waals surface area (Å²) in [6, 6.07) is 0. The predicted molar refractivity (Wildman–Crippen MR) is 56.9 cm³/mol. The zero-order chi connectivity index (χ0) is 9.98. The molecule has 0 aliphatic rings. The van der Waals surface area contributed by atoms with E-state index in [9.17, 15) is 0 Å². The Balaban J connectivity index is 0. The summed E-state index contributed by atoms with van der Waals surface area (Å²) in [7, 11) is 1.73. The van der Waals surface area contributed by atoms with E-state index in [0.717, 1.165) is 11.5 Å². The van der Waals surface area contributed by atoms with Crippen LogP contribution in [0.15, 0.2) is 10.1 Å². The highest BCUT2D eigenvalue weighted by Crippen LogP contribution is 1.71. The Labute approximate surface area is 76.0 Å². The van der Waals surface area contributed by atoms with Crippen LogP contribution in [0.3, 0.4) is 0 Å². The number of nitrogens with one attached hydrogen (secondary N) is 1. The van der Waals surface area contributed by atoms with Crippen LogP contribution in [0.1, 0.15) is 41.0 Å². The van der Waals surface area contributed by atoms with Gasteiger partial charge in [0.05, 0.1) is 0 Å². The van der Waals surface area contributed by atoms with Crippen LogP contribution in [0.4, 0.5) is 0 Å². The van der Waals surface area contributed by atoms with Crippen molar-refractivity contribution in [2.75, 3.05) is 7.05 Å². The van der Waals surface area contributed by atoms with Crippen molar-refractivity contribution in [2.24, 2.45) is 10.1 Å². The highest BCUT2D eigenvalue weighted by molar-refractivity contribution is 5.83. The molecule has 0 atom stereocenters. The Morgan fingerprint density at radius 1 is 1.17 bits per heavy atom. The molecule has 0 saturated carbocycles. The normalized spacial score (nSPS) is 9.67. The van der Waals surface area contributed by atoms with Crippen LogP contribution >= 0.6 is 0 Å². The van der Waals surface area contributed by atoms with Crippen molar-refractivity contribution in [3.63, 3.8) is 0 Å². The van der Waals surface area contributed by atoms with Gasteiger partial charge in [-0.3, -0.25) is 10.4 Å². The maximum absolute atomic E-state index is 3.93. The number of hydrogen-bond donors (Lipinski definition) is 1. The van der Waals surface area contributed by atoms with Crippen molar-refractivity contribution in [1.82, 2.24) is 5.43 Å². The molecule has 3 heteroatoms. The van der Waals surface area contributed by atoms with Crippen LogP contribution < -0.4 is 5.43 Å². The number of hydrogen-bond acceptors (Lipinski definition) is 2. The molecule has 0 aliphatic carbocycles. The second kappa shape index (κ2) is 10.1. The number of hydrazone groups is 1. The number of aliphatic imine (C=N–C) groups is 1. The third kappa shape index (κ3) is 16.1. The molecule has 0 aliphatic heterocycles. The molecular formula is C9H21N3. The molecule has 0 unspecified atom stereocenters. The fourth-order valence-electron chi connectivity index (χ4n) is 0.243. The quantitative estimate of drug-likeness (QED) is 0.367. The fraction of sp³-hybridized carbons (Fsp3) is 0.778. The molecule has 0 bridgehead atoms. The van der Waals surface area contributed by atoms with Crippen molar-refractivity contribution < 1.29 is 0 Å². The summed E-state index contributed by atoms with van der Waals surface area (Å²) in [5, 5.41) is 3.93. The first-order chi connectivity index (χ1) is 5.58. The van der Waals surface area contributed by atoms with Gasteiger partial charge in [0.2, 0.25) is 0 Å². The summed E-state index contributed by atoms with van der Waals surface area (Å²) in [6.07, 6.45) is 1.25. The first kappa shape index (κ1) is 13.7. The number of nitrogens with zero attached hydrogens (tertiary/aromatic N) is 2. The number of rotatable bonds is 1. The standard InChI is InChI=1S/C6H13N3.C3H8/c1-5(2)8-9-6(3)7-4;1-3-2/h1-4H3,(H,7,9);3H2,1-2H3. The smallest absolute Gasteiger partial charge is 0.113 e. The van der Waals surface area contributed by atoms with Gasteiger partial charge in [0.15, 0.2) is 0 Å². The van der Waals surface area contributed by atoms with Gasteiger partial charge in [-0.05, 0) is 20.8 Å². The van der Waals surface area contributed by atoms with Crippen LogP contribution in [-0.2, 0) is 0 Å². The molecule has 0 radical (unpaired) electrons. The predicted octanol–water partition coefficient (Wildman–Crippen LogP) is 2.44. The molecule has 0 spiro atoms. The van der Waals surface area contributed by atoms with E-state index in [4.69, 9.17) is 0 Å². The Bertz CT molecular complexity index is 144. The topological polar surface area (TPSA) is 36.8 Å². The Kier molecular flexibility index (Phi) is 11.6. The molecule has 0 heterocycles. The van der Waals surface area contributed by atoms with E-state index in [2.05, 4.69) is 29.4 Å². The molecule has 12 heavy (non-hydrogen) atoms. The van der Waals surface area contributed by atoms with Crippen molar-refractivity contribution in [3.05, 3.63) is 0 Å². The first-order valence-corrected chi connectivity index (χ1v) is 4.28. The monoisotopic (exact) mass is 171 g/mol. The fourth-order valence-corrected chi connectivity index (χ4v) is 0.243. The SMILES string of the molecule is CCC.CN=C(C)NN=C(C)C. The Hall–Kier alpha value is -0.860. The van der Waals surface area contributed by atoms with E-state index < -0.39 is 0 Å². The number of amidine groups is 1. The highest BCUT2D eigenvalue weighted by atomic mass is 15.3. The summed E-state index contributed by atoms with van der Waals surface area (Å²) >= 11 is 0. The largest absolute Gasteiger partial charge is 0.275 e. The Morgan fingerprint density at radius 2 is 1.58 bits per heavy atom. The van der Waals surface area contributed by atoms with E-state index in [1.165, 1.54) is 6.42 Å². The van der Waals surface area contributed by atoms with E-state index >= 15 is 0 Å². The van der Waals surface area contributed by atoms with Crippen molar-refractivity contribution >= 4 is 11.5 Å². The third-order valence-corrected chi connectivity index (χ3v) is 0.777. The molecule has 72 valence electrons.